The van der Waals surface area contributed by atoms with E-state index in [4.69, 9.17) is 4.98 Å². The lowest BCUT2D eigenvalue weighted by Gasteiger charge is -2.30. The monoisotopic (exact) mass is 302 g/mol. The first kappa shape index (κ1) is 14.3. The molecule has 2 aromatic heterocycles. The van der Waals surface area contributed by atoms with Crippen LogP contribution in [-0.2, 0) is 19.4 Å². The van der Waals surface area contributed by atoms with Crippen molar-refractivity contribution in [3.05, 3.63) is 33.3 Å². The van der Waals surface area contributed by atoms with E-state index in [2.05, 4.69) is 40.5 Å². The maximum absolute atomic E-state index is 4.83. The van der Waals surface area contributed by atoms with Gasteiger partial charge in [-0.1, -0.05) is 6.92 Å². The fourth-order valence-electron chi connectivity index (χ4n) is 2.87. The summed E-state index contributed by atoms with van der Waals surface area (Å²) in [7, 11) is 1.93. The molecule has 3 heterocycles. The molecule has 1 N–H and O–H groups in total. The average molecular weight is 302 g/mol. The predicted molar refractivity (Wildman–Crippen MR) is 89.4 cm³/mol. The Morgan fingerprint density at radius 1 is 1.38 bits per heavy atom. The van der Waals surface area contributed by atoms with Gasteiger partial charge in [-0.15, -0.1) is 11.3 Å². The third-order valence-electron chi connectivity index (χ3n) is 3.98. The lowest BCUT2D eigenvalue weighted by molar-refractivity contribution is 0.717. The minimum atomic E-state index is 0.930. The van der Waals surface area contributed by atoms with Gasteiger partial charge in [-0.25, -0.2) is 9.97 Å². The highest BCUT2D eigenvalue weighted by Gasteiger charge is 2.21. The molecule has 0 unspecified atom stereocenters. The van der Waals surface area contributed by atoms with E-state index >= 15 is 0 Å². The number of nitrogens with one attached hydrogen (secondary N) is 1. The zero-order valence-electron chi connectivity index (χ0n) is 12.9. The molecular weight excluding hydrogens is 280 g/mol. The molecule has 21 heavy (non-hydrogen) atoms. The van der Waals surface area contributed by atoms with Crippen molar-refractivity contribution in [2.24, 2.45) is 0 Å². The molecule has 0 saturated heterocycles. The van der Waals surface area contributed by atoms with Crippen LogP contribution in [0.15, 0.2) is 11.4 Å². The Labute approximate surface area is 130 Å². The molecule has 0 saturated carbocycles. The Balaban J connectivity index is 1.96. The van der Waals surface area contributed by atoms with Gasteiger partial charge in [0.1, 0.15) is 17.5 Å². The molecule has 0 aliphatic carbocycles. The van der Waals surface area contributed by atoms with Gasteiger partial charge in [-0.3, -0.25) is 0 Å². The second-order valence-corrected chi connectivity index (χ2v) is 6.48. The van der Waals surface area contributed by atoms with Crippen molar-refractivity contribution >= 4 is 23.0 Å². The summed E-state index contributed by atoms with van der Waals surface area (Å²) in [5, 5.41) is 5.41. The molecule has 0 spiro atoms. The highest BCUT2D eigenvalue weighted by atomic mass is 32.1. The zero-order valence-corrected chi connectivity index (χ0v) is 13.8. The van der Waals surface area contributed by atoms with Gasteiger partial charge in [0, 0.05) is 37.0 Å². The summed E-state index contributed by atoms with van der Waals surface area (Å²) in [5.74, 6) is 2.99. The molecule has 4 nitrogen and oxygen atoms in total. The molecule has 1 aliphatic heterocycles. The van der Waals surface area contributed by atoms with Crippen LogP contribution in [0.4, 0.5) is 11.6 Å². The summed E-state index contributed by atoms with van der Waals surface area (Å²) in [4.78, 5) is 13.4. The minimum Gasteiger partial charge on any atom is -0.373 e. The number of fused-ring (bicyclic) bond motifs is 1. The maximum Gasteiger partial charge on any atom is 0.137 e. The fraction of sp³-hybridized carbons (Fsp3) is 0.500. The van der Waals surface area contributed by atoms with Crippen LogP contribution in [0.3, 0.4) is 0 Å². The van der Waals surface area contributed by atoms with Gasteiger partial charge >= 0.3 is 0 Å². The van der Waals surface area contributed by atoms with Gasteiger partial charge in [-0.2, -0.15) is 0 Å². The number of aromatic nitrogens is 2. The van der Waals surface area contributed by atoms with Crippen molar-refractivity contribution < 1.29 is 0 Å². The SMILES string of the molecule is CCCc1nc(NC)c(C)c(N2CCc3sccc3C2)n1. The number of hydrogen-bond acceptors (Lipinski definition) is 5. The summed E-state index contributed by atoms with van der Waals surface area (Å²) >= 11 is 1.87. The second kappa shape index (κ2) is 6.02. The van der Waals surface area contributed by atoms with Crippen LogP contribution in [0.1, 0.15) is 35.2 Å². The first-order chi connectivity index (χ1) is 10.2. The molecule has 1 aliphatic rings. The Morgan fingerprint density at radius 2 is 2.24 bits per heavy atom. The van der Waals surface area contributed by atoms with Crippen LogP contribution in [0.2, 0.25) is 0 Å². The maximum atomic E-state index is 4.83. The van der Waals surface area contributed by atoms with Gasteiger partial charge in [0.2, 0.25) is 0 Å². The first-order valence-electron chi connectivity index (χ1n) is 7.58. The van der Waals surface area contributed by atoms with Crippen LogP contribution in [0, 0.1) is 6.92 Å². The van der Waals surface area contributed by atoms with E-state index < -0.39 is 0 Å². The third-order valence-corrected chi connectivity index (χ3v) is 5.01. The number of nitrogens with zero attached hydrogens (tertiary/aromatic N) is 3. The lowest BCUT2D eigenvalue weighted by Crippen LogP contribution is -2.31. The minimum absolute atomic E-state index is 0.930. The number of rotatable bonds is 4. The molecule has 0 amide bonds. The Hall–Kier alpha value is -1.62. The first-order valence-corrected chi connectivity index (χ1v) is 8.46. The summed E-state index contributed by atoms with van der Waals surface area (Å²) in [5.41, 5.74) is 2.60. The van der Waals surface area contributed by atoms with Crippen LogP contribution in [0.5, 0.6) is 0 Å². The number of anilines is 2. The van der Waals surface area contributed by atoms with Crippen molar-refractivity contribution in [2.45, 2.75) is 39.7 Å². The average Bonchev–Trinajstić information content (AvgIpc) is 2.96. The number of hydrogen-bond donors (Lipinski definition) is 1. The van der Waals surface area contributed by atoms with Crippen molar-refractivity contribution in [3.63, 3.8) is 0 Å². The lowest BCUT2D eigenvalue weighted by atomic mass is 10.1. The van der Waals surface area contributed by atoms with E-state index in [1.54, 1.807) is 0 Å². The van der Waals surface area contributed by atoms with Gasteiger partial charge in [0.05, 0.1) is 0 Å². The van der Waals surface area contributed by atoms with Gasteiger partial charge in [-0.05, 0) is 36.8 Å². The Morgan fingerprint density at radius 3 is 3.00 bits per heavy atom. The summed E-state index contributed by atoms with van der Waals surface area (Å²) < 4.78 is 0. The van der Waals surface area contributed by atoms with Crippen LogP contribution in [0.25, 0.3) is 0 Å². The van der Waals surface area contributed by atoms with E-state index in [1.807, 2.05) is 18.4 Å². The van der Waals surface area contributed by atoms with Crippen molar-refractivity contribution in [1.82, 2.24) is 9.97 Å². The van der Waals surface area contributed by atoms with Gasteiger partial charge in [0.15, 0.2) is 0 Å². The summed E-state index contributed by atoms with van der Waals surface area (Å²) in [6.45, 7) is 6.28. The largest absolute Gasteiger partial charge is 0.373 e. The molecule has 3 rings (SSSR count). The molecule has 5 heteroatoms. The Bertz CT molecular complexity index is 635. The smallest absolute Gasteiger partial charge is 0.137 e. The second-order valence-electron chi connectivity index (χ2n) is 5.48. The fourth-order valence-corrected chi connectivity index (χ4v) is 3.76. The van der Waals surface area contributed by atoms with Crippen molar-refractivity contribution in [1.29, 1.82) is 0 Å². The molecule has 0 radical (unpaired) electrons. The molecule has 112 valence electrons. The van der Waals surface area contributed by atoms with Crippen LogP contribution < -0.4 is 10.2 Å². The number of thiophene rings is 1. The van der Waals surface area contributed by atoms with E-state index in [9.17, 15) is 0 Å². The highest BCUT2D eigenvalue weighted by Crippen LogP contribution is 2.30. The van der Waals surface area contributed by atoms with E-state index in [1.165, 1.54) is 10.4 Å². The van der Waals surface area contributed by atoms with Crippen molar-refractivity contribution in [3.8, 4) is 0 Å². The van der Waals surface area contributed by atoms with Gasteiger partial charge < -0.3 is 10.2 Å². The van der Waals surface area contributed by atoms with E-state index in [0.717, 1.165) is 55.4 Å². The molecule has 2 aromatic rings. The molecule has 0 atom stereocenters. The standard InChI is InChI=1S/C16H22N4S/c1-4-5-14-18-15(17-3)11(2)16(19-14)20-8-6-13-12(10-20)7-9-21-13/h7,9H,4-6,8,10H2,1-3H3,(H,17,18,19). The van der Waals surface area contributed by atoms with Crippen LogP contribution in [-0.4, -0.2) is 23.6 Å². The summed E-state index contributed by atoms with van der Waals surface area (Å²) in [6.07, 6.45) is 3.12. The van der Waals surface area contributed by atoms with E-state index in [-0.39, 0.29) is 0 Å². The highest BCUT2D eigenvalue weighted by molar-refractivity contribution is 7.10. The molecule has 0 fully saturated rings. The topological polar surface area (TPSA) is 41.1 Å². The predicted octanol–water partition coefficient (Wildman–Crippen LogP) is 3.40. The zero-order chi connectivity index (χ0) is 14.8. The quantitative estimate of drug-likeness (QED) is 0.940. The molecule has 0 bridgehead atoms. The molecular formula is C16H22N4S. The third kappa shape index (κ3) is 2.75. The van der Waals surface area contributed by atoms with Crippen LogP contribution >= 0.6 is 11.3 Å². The van der Waals surface area contributed by atoms with Gasteiger partial charge in [0.25, 0.3) is 0 Å². The van der Waals surface area contributed by atoms with E-state index in [0.29, 0.717) is 0 Å². The summed E-state index contributed by atoms with van der Waals surface area (Å²) in [6, 6.07) is 2.24. The van der Waals surface area contributed by atoms with Crippen molar-refractivity contribution in [2.75, 3.05) is 23.8 Å². The Kier molecular flexibility index (Phi) is 4.10. The number of aryl methyl sites for hydroxylation is 1. The normalized spacial score (nSPS) is 14.1. The molecule has 0 aromatic carbocycles.